The van der Waals surface area contributed by atoms with Crippen molar-refractivity contribution in [1.82, 2.24) is 10.3 Å². The van der Waals surface area contributed by atoms with E-state index in [-0.39, 0.29) is 24.7 Å². The molecule has 0 saturated carbocycles. The fraction of sp³-hybridized carbons (Fsp3) is 0.360. The number of carbonyl (C=O) groups excluding carboxylic acids is 1. The first kappa shape index (κ1) is 22.3. The Morgan fingerprint density at radius 3 is 2.88 bits per heavy atom. The lowest BCUT2D eigenvalue weighted by Crippen LogP contribution is -2.30. The van der Waals surface area contributed by atoms with Gasteiger partial charge in [0.05, 0.1) is 22.7 Å². The van der Waals surface area contributed by atoms with Gasteiger partial charge in [-0.25, -0.2) is 4.98 Å². The summed E-state index contributed by atoms with van der Waals surface area (Å²) in [5.41, 5.74) is 5.68. The smallest absolute Gasteiger partial charge is 0.246 e. The maximum atomic E-state index is 12.0. The molecule has 1 aliphatic carbocycles. The van der Waals surface area contributed by atoms with E-state index < -0.39 is 0 Å². The van der Waals surface area contributed by atoms with Gasteiger partial charge in [-0.15, -0.1) is 11.3 Å². The molecule has 32 heavy (non-hydrogen) atoms. The van der Waals surface area contributed by atoms with Gasteiger partial charge in [-0.3, -0.25) is 4.79 Å². The third-order valence-corrected chi connectivity index (χ3v) is 6.59. The predicted molar refractivity (Wildman–Crippen MR) is 129 cm³/mol. The van der Waals surface area contributed by atoms with E-state index in [1.165, 1.54) is 23.8 Å². The van der Waals surface area contributed by atoms with Gasteiger partial charge in [0.25, 0.3) is 0 Å². The van der Waals surface area contributed by atoms with Crippen LogP contribution in [0.15, 0.2) is 42.6 Å². The fourth-order valence-corrected chi connectivity index (χ4v) is 5.11. The summed E-state index contributed by atoms with van der Waals surface area (Å²) >= 11 is 1.68. The zero-order chi connectivity index (χ0) is 22.7. The zero-order valence-corrected chi connectivity index (χ0v) is 19.7. The molecule has 3 aromatic rings. The van der Waals surface area contributed by atoms with E-state index in [0.717, 1.165) is 39.7 Å². The first-order valence-corrected chi connectivity index (χ1v) is 11.7. The summed E-state index contributed by atoms with van der Waals surface area (Å²) in [6.07, 6.45) is 3.89. The van der Waals surface area contributed by atoms with Gasteiger partial charge in [-0.2, -0.15) is 0 Å². The van der Waals surface area contributed by atoms with Crippen LogP contribution >= 0.6 is 11.3 Å². The second-order valence-corrected chi connectivity index (χ2v) is 9.15. The molecular weight excluding hydrogens is 422 g/mol. The summed E-state index contributed by atoms with van der Waals surface area (Å²) in [6, 6.07) is 12.5. The van der Waals surface area contributed by atoms with E-state index in [4.69, 9.17) is 14.5 Å². The molecule has 168 valence electrons. The average Bonchev–Trinajstić information content (AvgIpc) is 3.41. The number of carbonyl (C=O) groups is 1. The molecule has 0 bridgehead atoms. The van der Waals surface area contributed by atoms with Gasteiger partial charge in [0.1, 0.15) is 17.4 Å². The van der Waals surface area contributed by atoms with E-state index in [1.807, 2.05) is 33.2 Å². The van der Waals surface area contributed by atoms with Crippen molar-refractivity contribution in [1.29, 1.82) is 0 Å². The Kier molecular flexibility index (Phi) is 6.77. The molecule has 1 aromatic heterocycles. The first-order valence-electron chi connectivity index (χ1n) is 10.8. The van der Waals surface area contributed by atoms with E-state index in [1.54, 1.807) is 11.3 Å². The number of aromatic nitrogens is 1. The number of nitrogens with one attached hydrogen (secondary N) is 2. The van der Waals surface area contributed by atoms with Crippen LogP contribution in [0.3, 0.4) is 0 Å². The Hall–Kier alpha value is -2.90. The van der Waals surface area contributed by atoms with Crippen molar-refractivity contribution in [3.63, 3.8) is 0 Å². The molecule has 4 rings (SSSR count). The summed E-state index contributed by atoms with van der Waals surface area (Å²) in [5.74, 6) is 0.756. The average molecular weight is 452 g/mol. The van der Waals surface area contributed by atoms with Crippen molar-refractivity contribution in [2.75, 3.05) is 26.1 Å². The Bertz CT molecular complexity index is 1110. The second kappa shape index (κ2) is 9.71. The summed E-state index contributed by atoms with van der Waals surface area (Å²) in [6.45, 7) is 4.12. The molecule has 0 aliphatic heterocycles. The summed E-state index contributed by atoms with van der Waals surface area (Å²) in [5, 5.41) is 7.27. The van der Waals surface area contributed by atoms with E-state index in [9.17, 15) is 4.79 Å². The van der Waals surface area contributed by atoms with Crippen molar-refractivity contribution in [3.05, 3.63) is 53.7 Å². The van der Waals surface area contributed by atoms with Crippen LogP contribution in [0.1, 0.15) is 37.4 Å². The Labute approximate surface area is 193 Å². The van der Waals surface area contributed by atoms with Crippen LogP contribution in [0.4, 0.5) is 5.69 Å². The topological polar surface area (TPSA) is 72.5 Å². The molecule has 0 spiro atoms. The van der Waals surface area contributed by atoms with E-state index in [2.05, 4.69) is 41.0 Å². The van der Waals surface area contributed by atoms with E-state index in [0.29, 0.717) is 0 Å². The third kappa shape index (κ3) is 4.64. The highest BCUT2D eigenvalue weighted by Crippen LogP contribution is 2.41. The molecular formula is C25H29N3O3S. The number of benzene rings is 2. The fourth-order valence-electron chi connectivity index (χ4n) is 4.15. The standard InChI is InChI=1S/C25H29N3O3S/c1-15(2)31-22-11-8-16(12-21(22)26-3)25-27-13-23(32-25)19-7-5-6-18-17(19)9-10-20(18)28-24(29)14-30-4/h5-8,11-13,15,20,26H,9-10,14H2,1-4H3,(H,28,29). The highest BCUT2D eigenvalue weighted by atomic mass is 32.1. The lowest BCUT2D eigenvalue weighted by Gasteiger charge is -2.15. The van der Waals surface area contributed by atoms with Gasteiger partial charge in [0.2, 0.25) is 5.91 Å². The minimum absolute atomic E-state index is 0.0340. The van der Waals surface area contributed by atoms with E-state index >= 15 is 0 Å². The quantitative estimate of drug-likeness (QED) is 0.501. The Morgan fingerprint density at radius 2 is 2.12 bits per heavy atom. The number of methoxy groups -OCH3 is 1. The van der Waals surface area contributed by atoms with Gasteiger partial charge in [-0.05, 0) is 61.6 Å². The number of ether oxygens (including phenoxy) is 2. The van der Waals surface area contributed by atoms with Crippen LogP contribution in [0.25, 0.3) is 21.0 Å². The number of fused-ring (bicyclic) bond motifs is 1. The maximum absolute atomic E-state index is 12.0. The Morgan fingerprint density at radius 1 is 1.28 bits per heavy atom. The van der Waals surface area contributed by atoms with Crippen molar-refractivity contribution in [2.45, 2.75) is 38.8 Å². The van der Waals surface area contributed by atoms with Crippen LogP contribution in [-0.2, 0) is 16.0 Å². The van der Waals surface area contributed by atoms with Crippen molar-refractivity contribution >= 4 is 22.9 Å². The monoisotopic (exact) mass is 451 g/mol. The molecule has 1 heterocycles. The largest absolute Gasteiger partial charge is 0.489 e. The second-order valence-electron chi connectivity index (χ2n) is 8.12. The van der Waals surface area contributed by atoms with Gasteiger partial charge in [0.15, 0.2) is 0 Å². The molecule has 0 saturated heterocycles. The number of rotatable bonds is 8. The van der Waals surface area contributed by atoms with Gasteiger partial charge in [0, 0.05) is 25.9 Å². The third-order valence-electron chi connectivity index (χ3n) is 5.51. The maximum Gasteiger partial charge on any atom is 0.246 e. The van der Waals surface area contributed by atoms with Crippen LogP contribution in [0.2, 0.25) is 0 Å². The number of anilines is 1. The molecule has 1 aliphatic rings. The lowest BCUT2D eigenvalue weighted by atomic mass is 10.0. The molecule has 0 radical (unpaired) electrons. The molecule has 7 heteroatoms. The minimum atomic E-state index is -0.0824. The SMILES string of the molecule is CNc1cc(-c2ncc(-c3cccc4c3CCC4NC(=O)COC)s2)ccc1OC(C)C. The predicted octanol–water partition coefficient (Wildman–Crippen LogP) is 5.06. The van der Waals surface area contributed by atoms with Crippen LogP contribution < -0.4 is 15.4 Å². The number of hydrogen-bond acceptors (Lipinski definition) is 6. The Balaban J connectivity index is 1.60. The number of nitrogens with zero attached hydrogens (tertiary/aromatic N) is 1. The van der Waals surface area contributed by atoms with Crippen LogP contribution in [0, 0.1) is 0 Å². The van der Waals surface area contributed by atoms with Gasteiger partial charge in [-0.1, -0.05) is 18.2 Å². The summed E-state index contributed by atoms with van der Waals surface area (Å²) < 4.78 is 10.8. The molecule has 0 fully saturated rings. The molecule has 2 N–H and O–H groups in total. The number of thiazole rings is 1. The molecule has 6 nitrogen and oxygen atoms in total. The highest BCUT2D eigenvalue weighted by Gasteiger charge is 2.26. The van der Waals surface area contributed by atoms with Crippen molar-refractivity contribution in [3.8, 4) is 26.8 Å². The summed E-state index contributed by atoms with van der Waals surface area (Å²) in [4.78, 5) is 17.8. The lowest BCUT2D eigenvalue weighted by molar-refractivity contribution is -0.125. The molecule has 2 aromatic carbocycles. The normalized spacial score (nSPS) is 15.0. The summed E-state index contributed by atoms with van der Waals surface area (Å²) in [7, 11) is 3.43. The zero-order valence-electron chi connectivity index (χ0n) is 18.9. The van der Waals surface area contributed by atoms with Crippen molar-refractivity contribution in [2.24, 2.45) is 0 Å². The van der Waals surface area contributed by atoms with Gasteiger partial charge >= 0.3 is 0 Å². The van der Waals surface area contributed by atoms with Crippen molar-refractivity contribution < 1.29 is 14.3 Å². The molecule has 1 unspecified atom stereocenters. The number of hydrogen-bond donors (Lipinski definition) is 2. The van der Waals surface area contributed by atoms with Crippen LogP contribution in [0.5, 0.6) is 5.75 Å². The van der Waals surface area contributed by atoms with Gasteiger partial charge < -0.3 is 20.1 Å². The molecule has 1 amide bonds. The minimum Gasteiger partial charge on any atom is -0.489 e. The number of amides is 1. The molecule has 1 atom stereocenters. The first-order chi connectivity index (χ1) is 15.5. The highest BCUT2D eigenvalue weighted by molar-refractivity contribution is 7.18. The van der Waals surface area contributed by atoms with Crippen LogP contribution in [-0.4, -0.2) is 37.8 Å².